The number of nitrogens with one attached hydrogen (secondary N) is 1. The lowest BCUT2D eigenvalue weighted by molar-refractivity contribution is -0.136. The molecule has 1 atom stereocenters. The van der Waals surface area contributed by atoms with Crippen molar-refractivity contribution in [2.45, 2.75) is 57.3 Å². The van der Waals surface area contributed by atoms with Gasteiger partial charge in [-0.2, -0.15) is 0 Å². The van der Waals surface area contributed by atoms with Crippen LogP contribution in [0.2, 0.25) is 0 Å². The van der Waals surface area contributed by atoms with Crippen molar-refractivity contribution in [1.82, 2.24) is 10.2 Å². The van der Waals surface area contributed by atoms with Crippen molar-refractivity contribution in [3.05, 3.63) is 95.6 Å². The Balaban J connectivity index is 1.29. The average Bonchev–Trinajstić information content (AvgIpc) is 3.33. The molecule has 3 amide bonds. The van der Waals surface area contributed by atoms with Crippen LogP contribution in [0.5, 0.6) is 5.75 Å². The molecule has 2 aliphatic rings. The number of fused-ring (bicyclic) bond motifs is 2. The normalized spacial score (nSPS) is 16.3. The van der Waals surface area contributed by atoms with E-state index in [4.69, 9.17) is 14.2 Å². The Kier molecular flexibility index (Phi) is 9.25. The largest absolute Gasteiger partial charge is 0.497 e. The molecule has 2 aliphatic heterocycles. The van der Waals surface area contributed by atoms with E-state index in [1.54, 1.807) is 44.9 Å². The van der Waals surface area contributed by atoms with Gasteiger partial charge in [0.05, 0.1) is 20.3 Å². The maximum absolute atomic E-state index is 13.8. The predicted molar refractivity (Wildman–Crippen MR) is 168 cm³/mol. The standard InChI is InChI=1S/C35H41N3O6/c1-34(2,3)44-33(41)36-29(23-43-22-25-11-6-5-7-12-25)32(40)37-19-17-35(18-20-37)24-38(30-16-9-8-15-28(30)35)31(39)26-13-10-14-27(21-26)42-4/h5-16,21,29H,17-20,22-24H2,1-4H3,(H,36,41)/t29-/m1/s1. The quantitative estimate of drug-likeness (QED) is 0.376. The summed E-state index contributed by atoms with van der Waals surface area (Å²) in [4.78, 5) is 43.8. The molecule has 5 rings (SSSR count). The maximum Gasteiger partial charge on any atom is 0.408 e. The van der Waals surface area contributed by atoms with E-state index in [-0.39, 0.29) is 23.8 Å². The van der Waals surface area contributed by atoms with E-state index >= 15 is 0 Å². The molecule has 0 aliphatic carbocycles. The van der Waals surface area contributed by atoms with Gasteiger partial charge in [0.25, 0.3) is 5.91 Å². The summed E-state index contributed by atoms with van der Waals surface area (Å²) < 4.78 is 16.7. The van der Waals surface area contributed by atoms with Crippen LogP contribution in [-0.4, -0.2) is 67.8 Å². The van der Waals surface area contributed by atoms with E-state index in [1.807, 2.05) is 65.6 Å². The van der Waals surface area contributed by atoms with Gasteiger partial charge in [0, 0.05) is 36.3 Å². The van der Waals surface area contributed by atoms with E-state index in [0.717, 1.165) is 16.8 Å². The second-order valence-corrected chi connectivity index (χ2v) is 12.4. The number of para-hydroxylation sites is 1. The van der Waals surface area contributed by atoms with Crippen molar-refractivity contribution < 1.29 is 28.6 Å². The molecule has 0 radical (unpaired) electrons. The summed E-state index contributed by atoms with van der Waals surface area (Å²) >= 11 is 0. The summed E-state index contributed by atoms with van der Waals surface area (Å²) in [6.45, 7) is 7.17. The second-order valence-electron chi connectivity index (χ2n) is 12.4. The molecule has 1 spiro atoms. The van der Waals surface area contributed by atoms with Crippen molar-refractivity contribution in [3.63, 3.8) is 0 Å². The third-order valence-electron chi connectivity index (χ3n) is 8.21. The van der Waals surface area contributed by atoms with Crippen molar-refractivity contribution in [1.29, 1.82) is 0 Å². The van der Waals surface area contributed by atoms with Gasteiger partial charge in [0.15, 0.2) is 0 Å². The third-order valence-corrected chi connectivity index (χ3v) is 8.21. The number of methoxy groups -OCH3 is 1. The van der Waals surface area contributed by atoms with Crippen LogP contribution in [0.4, 0.5) is 10.5 Å². The molecule has 0 bridgehead atoms. The third kappa shape index (κ3) is 7.05. The molecule has 2 heterocycles. The van der Waals surface area contributed by atoms with E-state index in [9.17, 15) is 14.4 Å². The minimum absolute atomic E-state index is 0.0142. The Morgan fingerprint density at radius 1 is 0.932 bits per heavy atom. The van der Waals surface area contributed by atoms with Gasteiger partial charge in [-0.15, -0.1) is 0 Å². The number of hydrogen-bond acceptors (Lipinski definition) is 6. The van der Waals surface area contributed by atoms with Crippen LogP contribution in [0.25, 0.3) is 0 Å². The number of carbonyl (C=O) groups is 3. The van der Waals surface area contributed by atoms with Gasteiger partial charge < -0.3 is 29.3 Å². The molecule has 3 aromatic carbocycles. The number of rotatable bonds is 8. The molecule has 0 aromatic heterocycles. The van der Waals surface area contributed by atoms with Crippen molar-refractivity contribution in [2.75, 3.05) is 38.3 Å². The lowest BCUT2D eigenvalue weighted by Crippen LogP contribution is -2.55. The molecule has 3 aromatic rings. The summed E-state index contributed by atoms with van der Waals surface area (Å²) in [6, 6.07) is 24.0. The molecule has 1 N–H and O–H groups in total. The number of likely N-dealkylation sites (tertiary alicyclic amines) is 1. The highest BCUT2D eigenvalue weighted by molar-refractivity contribution is 6.08. The smallest absolute Gasteiger partial charge is 0.408 e. The summed E-state index contributed by atoms with van der Waals surface area (Å²) in [5, 5.41) is 2.74. The number of alkyl carbamates (subject to hydrolysis) is 1. The van der Waals surface area contributed by atoms with Crippen LogP contribution in [0.15, 0.2) is 78.9 Å². The monoisotopic (exact) mass is 599 g/mol. The minimum Gasteiger partial charge on any atom is -0.497 e. The molecule has 9 heteroatoms. The summed E-state index contributed by atoms with van der Waals surface area (Å²) in [5.74, 6) is 0.338. The highest BCUT2D eigenvalue weighted by atomic mass is 16.6. The van der Waals surface area contributed by atoms with Crippen LogP contribution in [0.1, 0.15) is 55.1 Å². The van der Waals surface area contributed by atoms with Crippen LogP contribution >= 0.6 is 0 Å². The molecule has 9 nitrogen and oxygen atoms in total. The molecule has 232 valence electrons. The van der Waals surface area contributed by atoms with Crippen molar-refractivity contribution in [2.24, 2.45) is 0 Å². The zero-order chi connectivity index (χ0) is 31.3. The number of anilines is 1. The van der Waals surface area contributed by atoms with E-state index in [0.29, 0.717) is 50.4 Å². The lowest BCUT2D eigenvalue weighted by atomic mass is 9.74. The van der Waals surface area contributed by atoms with Gasteiger partial charge in [-0.05, 0) is 69.0 Å². The van der Waals surface area contributed by atoms with Crippen LogP contribution in [-0.2, 0) is 26.3 Å². The molecule has 0 saturated carbocycles. The summed E-state index contributed by atoms with van der Waals surface area (Å²) in [5.41, 5.74) is 2.58. The summed E-state index contributed by atoms with van der Waals surface area (Å²) in [6.07, 6.45) is 0.702. The highest BCUT2D eigenvalue weighted by Crippen LogP contribution is 2.47. The molecule has 44 heavy (non-hydrogen) atoms. The molecule has 0 unspecified atom stereocenters. The Hall–Kier alpha value is -4.37. The van der Waals surface area contributed by atoms with Gasteiger partial charge in [-0.3, -0.25) is 9.59 Å². The average molecular weight is 600 g/mol. The minimum atomic E-state index is -0.899. The van der Waals surface area contributed by atoms with Crippen molar-refractivity contribution >= 4 is 23.6 Å². The zero-order valence-electron chi connectivity index (χ0n) is 25.9. The Morgan fingerprint density at radius 3 is 2.34 bits per heavy atom. The Labute approximate surface area is 259 Å². The lowest BCUT2D eigenvalue weighted by Gasteiger charge is -2.41. The van der Waals surface area contributed by atoms with E-state index < -0.39 is 17.7 Å². The number of benzene rings is 3. The van der Waals surface area contributed by atoms with E-state index in [2.05, 4.69) is 11.4 Å². The second kappa shape index (κ2) is 13.1. The van der Waals surface area contributed by atoms with Gasteiger partial charge >= 0.3 is 6.09 Å². The van der Waals surface area contributed by atoms with Gasteiger partial charge in [-0.1, -0.05) is 54.6 Å². The first kappa shape index (κ1) is 31.1. The predicted octanol–water partition coefficient (Wildman–Crippen LogP) is 5.33. The fraction of sp³-hybridized carbons (Fsp3) is 0.400. The first-order chi connectivity index (χ1) is 21.1. The van der Waals surface area contributed by atoms with Crippen LogP contribution < -0.4 is 15.0 Å². The Morgan fingerprint density at radius 2 is 1.64 bits per heavy atom. The van der Waals surface area contributed by atoms with Crippen molar-refractivity contribution in [3.8, 4) is 5.75 Å². The number of carbonyl (C=O) groups excluding carboxylic acids is 3. The number of ether oxygens (including phenoxy) is 3. The maximum atomic E-state index is 13.8. The topological polar surface area (TPSA) is 97.4 Å². The number of hydrogen-bond donors (Lipinski definition) is 1. The first-order valence-corrected chi connectivity index (χ1v) is 15.0. The SMILES string of the molecule is COc1cccc(C(=O)N2CC3(CCN(C(=O)[C@@H](COCc4ccccc4)NC(=O)OC(C)(C)C)CC3)c3ccccc32)c1. The first-order valence-electron chi connectivity index (χ1n) is 15.0. The van der Waals surface area contributed by atoms with E-state index in [1.165, 1.54) is 0 Å². The highest BCUT2D eigenvalue weighted by Gasteiger charge is 2.47. The molecular weight excluding hydrogens is 558 g/mol. The number of amides is 3. The number of piperidine rings is 1. The van der Waals surface area contributed by atoms with Gasteiger partial charge in [0.2, 0.25) is 5.91 Å². The zero-order valence-corrected chi connectivity index (χ0v) is 25.9. The fourth-order valence-electron chi connectivity index (χ4n) is 6.02. The van der Waals surface area contributed by atoms with Crippen LogP contribution in [0, 0.1) is 0 Å². The van der Waals surface area contributed by atoms with Gasteiger partial charge in [-0.25, -0.2) is 4.79 Å². The molecule has 1 fully saturated rings. The van der Waals surface area contributed by atoms with Crippen LogP contribution in [0.3, 0.4) is 0 Å². The summed E-state index contributed by atoms with van der Waals surface area (Å²) in [7, 11) is 1.59. The fourth-order valence-corrected chi connectivity index (χ4v) is 6.02. The van der Waals surface area contributed by atoms with Gasteiger partial charge in [0.1, 0.15) is 17.4 Å². The number of nitrogens with zero attached hydrogens (tertiary/aromatic N) is 2. The Bertz CT molecular complexity index is 1480. The molecule has 1 saturated heterocycles. The molecular formula is C35H41N3O6.